The first-order valence-electron chi connectivity index (χ1n) is 8.69. The second-order valence-corrected chi connectivity index (χ2v) is 5.57. The molecular formula is C19H25F2IN4O3. The van der Waals surface area contributed by atoms with Gasteiger partial charge in [-0.1, -0.05) is 0 Å². The van der Waals surface area contributed by atoms with Gasteiger partial charge in [0.15, 0.2) is 5.96 Å². The number of pyridine rings is 1. The van der Waals surface area contributed by atoms with E-state index >= 15 is 0 Å². The number of nitrogens with zero attached hydrogens (tertiary/aromatic N) is 2. The number of guanidine groups is 1. The van der Waals surface area contributed by atoms with Crippen molar-refractivity contribution in [3.05, 3.63) is 47.7 Å². The van der Waals surface area contributed by atoms with Gasteiger partial charge >= 0.3 is 6.61 Å². The van der Waals surface area contributed by atoms with E-state index in [0.717, 1.165) is 5.56 Å². The van der Waals surface area contributed by atoms with Crippen LogP contribution in [-0.4, -0.2) is 38.3 Å². The van der Waals surface area contributed by atoms with E-state index in [1.807, 2.05) is 19.1 Å². The maximum Gasteiger partial charge on any atom is 0.387 e. The van der Waals surface area contributed by atoms with Crippen LogP contribution in [0.4, 0.5) is 8.78 Å². The van der Waals surface area contributed by atoms with Crippen molar-refractivity contribution < 1.29 is 23.0 Å². The van der Waals surface area contributed by atoms with Crippen molar-refractivity contribution in [3.63, 3.8) is 0 Å². The van der Waals surface area contributed by atoms with E-state index in [1.165, 1.54) is 13.2 Å². The molecule has 0 fully saturated rings. The van der Waals surface area contributed by atoms with E-state index < -0.39 is 6.61 Å². The molecule has 2 rings (SSSR count). The van der Waals surface area contributed by atoms with Crippen LogP contribution in [0.1, 0.15) is 18.1 Å². The van der Waals surface area contributed by atoms with Crippen molar-refractivity contribution in [1.29, 1.82) is 0 Å². The molecular weight excluding hydrogens is 497 g/mol. The minimum atomic E-state index is -2.91. The second kappa shape index (κ2) is 13.0. The molecule has 1 aromatic heterocycles. The van der Waals surface area contributed by atoms with Crippen LogP contribution in [0.5, 0.6) is 17.4 Å². The summed E-state index contributed by atoms with van der Waals surface area (Å²) >= 11 is 0. The quantitative estimate of drug-likeness (QED) is 0.298. The van der Waals surface area contributed by atoms with Gasteiger partial charge in [0.05, 0.1) is 13.7 Å². The molecule has 29 heavy (non-hydrogen) atoms. The lowest BCUT2D eigenvalue weighted by Gasteiger charge is -2.15. The SMILES string of the molecule is CCOc1cc(CNC(=NC)NCc2cc(OC)ccc2OC(F)F)ccn1.I. The number of halogens is 3. The summed E-state index contributed by atoms with van der Waals surface area (Å²) in [5.41, 5.74) is 1.48. The highest BCUT2D eigenvalue weighted by Crippen LogP contribution is 2.25. The van der Waals surface area contributed by atoms with Gasteiger partial charge in [-0.15, -0.1) is 24.0 Å². The van der Waals surface area contributed by atoms with Crippen molar-refractivity contribution in [2.75, 3.05) is 20.8 Å². The third kappa shape index (κ3) is 8.26. The first-order chi connectivity index (χ1) is 13.5. The highest BCUT2D eigenvalue weighted by atomic mass is 127. The molecule has 160 valence electrons. The van der Waals surface area contributed by atoms with Crippen LogP contribution in [0.15, 0.2) is 41.5 Å². The fourth-order valence-electron chi connectivity index (χ4n) is 2.40. The summed E-state index contributed by atoms with van der Waals surface area (Å²) in [7, 11) is 3.13. The first-order valence-corrected chi connectivity index (χ1v) is 8.69. The summed E-state index contributed by atoms with van der Waals surface area (Å²) in [6.07, 6.45) is 1.67. The lowest BCUT2D eigenvalue weighted by atomic mass is 10.2. The Hall–Kier alpha value is -2.37. The largest absolute Gasteiger partial charge is 0.497 e. The van der Waals surface area contributed by atoms with Crippen LogP contribution >= 0.6 is 24.0 Å². The number of benzene rings is 1. The van der Waals surface area contributed by atoms with E-state index in [1.54, 1.807) is 25.4 Å². The van der Waals surface area contributed by atoms with Gasteiger partial charge in [-0.3, -0.25) is 4.99 Å². The number of aromatic nitrogens is 1. The normalized spacial score (nSPS) is 10.9. The van der Waals surface area contributed by atoms with Gasteiger partial charge in [-0.25, -0.2) is 4.98 Å². The Morgan fingerprint density at radius 1 is 1.17 bits per heavy atom. The molecule has 0 bridgehead atoms. The average molecular weight is 522 g/mol. The molecule has 0 radical (unpaired) electrons. The summed E-state index contributed by atoms with van der Waals surface area (Å²) < 4.78 is 40.3. The van der Waals surface area contributed by atoms with E-state index in [0.29, 0.717) is 36.3 Å². The third-order valence-corrected chi connectivity index (χ3v) is 3.71. The molecule has 0 atom stereocenters. The zero-order valence-corrected chi connectivity index (χ0v) is 18.8. The number of hydrogen-bond acceptors (Lipinski definition) is 5. The van der Waals surface area contributed by atoms with Gasteiger partial charge in [-0.2, -0.15) is 8.78 Å². The molecule has 0 aliphatic heterocycles. The molecule has 0 spiro atoms. The Labute approximate surface area is 185 Å². The third-order valence-electron chi connectivity index (χ3n) is 3.71. The number of aliphatic imine (C=N–C) groups is 1. The van der Waals surface area contributed by atoms with Crippen molar-refractivity contribution in [2.24, 2.45) is 4.99 Å². The molecule has 2 aromatic rings. The standard InChI is InChI=1S/C19H24F2N4O3.HI/c1-4-27-17-9-13(7-8-23-17)11-24-19(22-2)25-12-14-10-15(26-3)5-6-16(14)28-18(20)21;/h5-10,18H,4,11-12H2,1-3H3,(H2,22,24,25);1H. The Morgan fingerprint density at radius 2 is 1.93 bits per heavy atom. The van der Waals surface area contributed by atoms with Crippen LogP contribution in [0.3, 0.4) is 0 Å². The van der Waals surface area contributed by atoms with Crippen LogP contribution in [-0.2, 0) is 13.1 Å². The highest BCUT2D eigenvalue weighted by Gasteiger charge is 2.11. The predicted molar refractivity (Wildman–Crippen MR) is 117 cm³/mol. The van der Waals surface area contributed by atoms with E-state index in [-0.39, 0.29) is 36.3 Å². The molecule has 0 amide bonds. The summed E-state index contributed by atoms with van der Waals surface area (Å²) in [6, 6.07) is 8.34. The molecule has 1 aromatic carbocycles. The number of methoxy groups -OCH3 is 1. The van der Waals surface area contributed by atoms with Gasteiger partial charge in [0.1, 0.15) is 11.5 Å². The number of alkyl halides is 2. The molecule has 0 saturated heterocycles. The van der Waals surface area contributed by atoms with Gasteiger partial charge in [0.2, 0.25) is 5.88 Å². The number of hydrogen-bond donors (Lipinski definition) is 2. The molecule has 2 N–H and O–H groups in total. The molecule has 0 unspecified atom stereocenters. The van der Waals surface area contributed by atoms with E-state index in [9.17, 15) is 8.78 Å². The maximum atomic E-state index is 12.6. The summed E-state index contributed by atoms with van der Waals surface area (Å²) in [6.45, 7) is 0.232. The predicted octanol–water partition coefficient (Wildman–Crippen LogP) is 3.57. The van der Waals surface area contributed by atoms with Crippen LogP contribution in [0, 0.1) is 0 Å². The van der Waals surface area contributed by atoms with Gasteiger partial charge < -0.3 is 24.8 Å². The molecule has 7 nitrogen and oxygen atoms in total. The highest BCUT2D eigenvalue weighted by molar-refractivity contribution is 14.0. The Bertz CT molecular complexity index is 794. The summed E-state index contributed by atoms with van der Waals surface area (Å²) in [5, 5.41) is 6.22. The molecule has 10 heteroatoms. The Balaban J connectivity index is 0.00000420. The number of ether oxygens (including phenoxy) is 3. The fraction of sp³-hybridized carbons (Fsp3) is 0.368. The van der Waals surface area contributed by atoms with Crippen molar-refractivity contribution in [2.45, 2.75) is 26.6 Å². The first kappa shape index (κ1) is 24.7. The van der Waals surface area contributed by atoms with Crippen molar-refractivity contribution in [3.8, 4) is 17.4 Å². The minimum Gasteiger partial charge on any atom is -0.497 e. The molecule has 1 heterocycles. The molecule has 0 saturated carbocycles. The Kier molecular flexibility index (Phi) is 11.0. The maximum absolute atomic E-state index is 12.6. The lowest BCUT2D eigenvalue weighted by Crippen LogP contribution is -2.36. The van der Waals surface area contributed by atoms with Gasteiger partial charge in [-0.05, 0) is 36.8 Å². The zero-order valence-electron chi connectivity index (χ0n) is 16.4. The molecule has 0 aliphatic carbocycles. The topological polar surface area (TPSA) is 77.0 Å². The number of nitrogens with one attached hydrogen (secondary N) is 2. The summed E-state index contributed by atoms with van der Waals surface area (Å²) in [4.78, 5) is 8.26. The van der Waals surface area contributed by atoms with Gasteiger partial charge in [0.25, 0.3) is 0 Å². The fourth-order valence-corrected chi connectivity index (χ4v) is 2.40. The van der Waals surface area contributed by atoms with Crippen LogP contribution < -0.4 is 24.8 Å². The minimum absolute atomic E-state index is 0. The lowest BCUT2D eigenvalue weighted by molar-refractivity contribution is -0.0505. The second-order valence-electron chi connectivity index (χ2n) is 5.57. The smallest absolute Gasteiger partial charge is 0.387 e. The number of rotatable bonds is 9. The van der Waals surface area contributed by atoms with E-state index in [2.05, 4.69) is 25.3 Å². The average Bonchev–Trinajstić information content (AvgIpc) is 2.69. The van der Waals surface area contributed by atoms with Crippen LogP contribution in [0.2, 0.25) is 0 Å². The summed E-state index contributed by atoms with van der Waals surface area (Å²) in [5.74, 6) is 1.67. The molecule has 0 aliphatic rings. The van der Waals surface area contributed by atoms with Gasteiger partial charge in [0, 0.05) is 38.0 Å². The van der Waals surface area contributed by atoms with Crippen molar-refractivity contribution in [1.82, 2.24) is 15.6 Å². The van der Waals surface area contributed by atoms with Crippen molar-refractivity contribution >= 4 is 29.9 Å². The zero-order chi connectivity index (χ0) is 20.4. The Morgan fingerprint density at radius 3 is 2.59 bits per heavy atom. The van der Waals surface area contributed by atoms with E-state index in [4.69, 9.17) is 9.47 Å². The van der Waals surface area contributed by atoms with Crippen LogP contribution in [0.25, 0.3) is 0 Å². The monoisotopic (exact) mass is 522 g/mol.